The number of carboxylic acid groups (broad SMARTS) is 1. The minimum absolute atomic E-state index is 0.127. The van der Waals surface area contributed by atoms with Gasteiger partial charge in [0, 0.05) is 40.6 Å². The van der Waals surface area contributed by atoms with Gasteiger partial charge in [-0.15, -0.1) is 0 Å². The zero-order valence-electron chi connectivity index (χ0n) is 20.0. The molecular weight excluding hydrogens is 456 g/mol. The Kier molecular flexibility index (Phi) is 5.45. The second-order valence-corrected chi connectivity index (χ2v) is 10.1. The first kappa shape index (κ1) is 23.4. The van der Waals surface area contributed by atoms with E-state index in [0.29, 0.717) is 34.1 Å². The van der Waals surface area contributed by atoms with Crippen LogP contribution in [0.2, 0.25) is 0 Å². The molecule has 1 aliphatic heterocycles. The van der Waals surface area contributed by atoms with Gasteiger partial charge in [-0.1, -0.05) is 13.8 Å². The predicted octanol–water partition coefficient (Wildman–Crippen LogP) is 5.06. The Balaban J connectivity index is 1.91. The van der Waals surface area contributed by atoms with E-state index in [1.165, 1.54) is 19.1 Å². The second kappa shape index (κ2) is 8.13. The van der Waals surface area contributed by atoms with E-state index in [1.807, 2.05) is 24.5 Å². The van der Waals surface area contributed by atoms with Crippen LogP contribution in [0.25, 0.3) is 27.5 Å². The number of aromatic nitrogens is 3. The number of nitrogens with one attached hydrogen (secondary N) is 1. The number of ether oxygens (including phenoxy) is 2. The third-order valence-corrected chi connectivity index (χ3v) is 6.98. The molecule has 9 heteroatoms. The summed E-state index contributed by atoms with van der Waals surface area (Å²) in [6.45, 7) is 5.97. The normalized spacial score (nSPS) is 20.8. The van der Waals surface area contributed by atoms with Crippen molar-refractivity contribution in [2.24, 2.45) is 0 Å². The number of benzene rings is 2. The molecule has 184 valence electrons. The molecule has 1 fully saturated rings. The summed E-state index contributed by atoms with van der Waals surface area (Å²) in [5, 5.41) is 17.5. The zero-order chi connectivity index (χ0) is 25.1. The molecule has 1 aliphatic rings. The first-order valence-electron chi connectivity index (χ1n) is 11.4. The molecule has 2 aromatic heterocycles. The molecule has 35 heavy (non-hydrogen) atoms. The van der Waals surface area contributed by atoms with Crippen molar-refractivity contribution in [1.82, 2.24) is 14.8 Å². The third kappa shape index (κ3) is 3.61. The smallest absolute Gasteiger partial charge is 0.335 e. The van der Waals surface area contributed by atoms with Crippen LogP contribution in [-0.4, -0.2) is 51.8 Å². The van der Waals surface area contributed by atoms with Crippen molar-refractivity contribution in [2.75, 3.05) is 20.3 Å². The third-order valence-electron chi connectivity index (χ3n) is 6.98. The average molecular weight is 484 g/mol. The van der Waals surface area contributed by atoms with E-state index in [-0.39, 0.29) is 30.3 Å². The number of hydrogen-bond acceptors (Lipinski definition) is 4. The van der Waals surface area contributed by atoms with Gasteiger partial charge in [-0.05, 0) is 49.2 Å². The lowest BCUT2D eigenvalue weighted by atomic mass is 9.80. The molecule has 0 radical (unpaired) electrons. The minimum atomic E-state index is -1.38. The summed E-state index contributed by atoms with van der Waals surface area (Å²) in [5.74, 6) is -2.30. The summed E-state index contributed by atoms with van der Waals surface area (Å²) in [5.41, 5.74) is 0.954. The highest BCUT2D eigenvalue weighted by atomic mass is 19.1. The van der Waals surface area contributed by atoms with Crippen LogP contribution < -0.4 is 0 Å². The largest absolute Gasteiger partial charge is 0.479 e. The molecule has 1 unspecified atom stereocenters. The molecule has 2 N–H and O–H groups in total. The van der Waals surface area contributed by atoms with Gasteiger partial charge in [0.25, 0.3) is 0 Å². The predicted molar refractivity (Wildman–Crippen MR) is 127 cm³/mol. The number of rotatable bonds is 6. The maximum absolute atomic E-state index is 16.2. The minimum Gasteiger partial charge on any atom is -0.479 e. The molecule has 0 saturated carbocycles. The molecule has 0 amide bonds. The first-order valence-corrected chi connectivity index (χ1v) is 11.4. The zero-order valence-corrected chi connectivity index (χ0v) is 20.0. The number of nitrogens with zero attached hydrogens (tertiary/aromatic N) is 2. The van der Waals surface area contributed by atoms with Crippen LogP contribution in [0.4, 0.5) is 8.78 Å². The molecule has 7 nitrogen and oxygen atoms in total. The fourth-order valence-corrected chi connectivity index (χ4v) is 5.39. The molecule has 1 saturated heterocycles. The van der Waals surface area contributed by atoms with Crippen molar-refractivity contribution in [1.29, 1.82) is 0 Å². The summed E-state index contributed by atoms with van der Waals surface area (Å²) in [6.07, 6.45) is 1.74. The van der Waals surface area contributed by atoms with Crippen molar-refractivity contribution in [3.63, 3.8) is 0 Å². The summed E-state index contributed by atoms with van der Waals surface area (Å²) in [6, 6.07) is 7.87. The van der Waals surface area contributed by atoms with Crippen LogP contribution in [0.15, 0.2) is 36.5 Å². The standard InChI is InChI=1S/C26H27F2N3O4/c1-25(2,13-34-4)23-19(15-10-26(3,24(32)33)35-12-15)20-18(9-14-11-29-30-22(14)21(20)28)31(23)17-7-5-16(27)6-8-17/h5-9,11,15H,10,12-13H2,1-4H3,(H,29,30)(H,32,33)/t15?,26-/m1/s1. The SMILES string of the molecule is COCC(C)(C)c1c(C2CO[C@@](C)(C(=O)O)C2)c2c(F)c3[nH]ncc3cc2n1-c1ccc(F)cc1. The Bertz CT molecular complexity index is 1440. The van der Waals surface area contributed by atoms with E-state index >= 15 is 4.39 Å². The molecule has 5 rings (SSSR count). The Labute approximate surface area is 200 Å². The summed E-state index contributed by atoms with van der Waals surface area (Å²) >= 11 is 0. The molecule has 0 aliphatic carbocycles. The Morgan fingerprint density at radius 2 is 2.06 bits per heavy atom. The van der Waals surface area contributed by atoms with Crippen molar-refractivity contribution in [2.45, 2.75) is 44.1 Å². The van der Waals surface area contributed by atoms with Gasteiger partial charge < -0.3 is 19.1 Å². The number of fused-ring (bicyclic) bond motifs is 2. The van der Waals surface area contributed by atoms with Crippen molar-refractivity contribution < 1.29 is 28.2 Å². The number of carboxylic acids is 1. The summed E-state index contributed by atoms with van der Waals surface area (Å²) < 4.78 is 43.2. The van der Waals surface area contributed by atoms with E-state index < -0.39 is 22.8 Å². The van der Waals surface area contributed by atoms with Crippen LogP contribution in [-0.2, 0) is 19.7 Å². The van der Waals surface area contributed by atoms with E-state index in [2.05, 4.69) is 10.2 Å². The molecule has 3 heterocycles. The lowest BCUT2D eigenvalue weighted by Gasteiger charge is -2.29. The number of aliphatic carboxylic acids is 1. The van der Waals surface area contributed by atoms with Crippen LogP contribution in [0, 0.1) is 11.6 Å². The van der Waals surface area contributed by atoms with Crippen LogP contribution in [0.3, 0.4) is 0 Å². The number of H-pyrrole nitrogens is 1. The highest BCUT2D eigenvalue weighted by Crippen LogP contribution is 2.48. The van der Waals surface area contributed by atoms with Crippen LogP contribution in [0.5, 0.6) is 0 Å². The highest BCUT2D eigenvalue weighted by Gasteiger charge is 2.46. The van der Waals surface area contributed by atoms with E-state index in [0.717, 1.165) is 5.69 Å². The maximum Gasteiger partial charge on any atom is 0.335 e. The topological polar surface area (TPSA) is 89.4 Å². The van der Waals surface area contributed by atoms with Crippen molar-refractivity contribution >= 4 is 27.8 Å². The summed E-state index contributed by atoms with van der Waals surface area (Å²) in [4.78, 5) is 11.9. The monoisotopic (exact) mass is 483 g/mol. The molecule has 2 aromatic carbocycles. The van der Waals surface area contributed by atoms with Crippen molar-refractivity contribution in [3.8, 4) is 5.69 Å². The highest BCUT2D eigenvalue weighted by molar-refractivity contribution is 6.00. The van der Waals surface area contributed by atoms with Gasteiger partial charge in [0.05, 0.1) is 24.9 Å². The van der Waals surface area contributed by atoms with Gasteiger partial charge in [-0.25, -0.2) is 13.6 Å². The van der Waals surface area contributed by atoms with Crippen LogP contribution >= 0.6 is 0 Å². The van der Waals surface area contributed by atoms with Gasteiger partial charge in [-0.2, -0.15) is 5.10 Å². The fourth-order valence-electron chi connectivity index (χ4n) is 5.39. The van der Waals surface area contributed by atoms with Crippen LogP contribution in [0.1, 0.15) is 44.4 Å². The van der Waals surface area contributed by atoms with Gasteiger partial charge in [0.1, 0.15) is 11.3 Å². The Hall–Kier alpha value is -3.30. The summed E-state index contributed by atoms with van der Waals surface area (Å²) in [7, 11) is 1.60. The van der Waals surface area contributed by atoms with Gasteiger partial charge in [0.2, 0.25) is 0 Å². The molecule has 4 aromatic rings. The molecule has 0 bridgehead atoms. The maximum atomic E-state index is 16.2. The van der Waals surface area contributed by atoms with Gasteiger partial charge in [-0.3, -0.25) is 5.10 Å². The lowest BCUT2D eigenvalue weighted by molar-refractivity contribution is -0.157. The van der Waals surface area contributed by atoms with Gasteiger partial charge in [0.15, 0.2) is 11.4 Å². The number of hydrogen-bond donors (Lipinski definition) is 2. The van der Waals surface area contributed by atoms with Crippen molar-refractivity contribution in [3.05, 3.63) is 59.4 Å². The number of carbonyl (C=O) groups is 1. The number of aromatic amines is 1. The lowest BCUT2D eigenvalue weighted by Crippen LogP contribution is -2.34. The van der Waals surface area contributed by atoms with E-state index in [9.17, 15) is 14.3 Å². The molecular formula is C26H27F2N3O4. The Morgan fingerprint density at radius 3 is 2.69 bits per heavy atom. The fraction of sp³-hybridized carbons (Fsp3) is 0.385. The quantitative estimate of drug-likeness (QED) is 0.400. The van der Waals surface area contributed by atoms with Gasteiger partial charge >= 0.3 is 5.97 Å². The first-order chi connectivity index (χ1) is 16.6. The Morgan fingerprint density at radius 1 is 1.34 bits per heavy atom. The average Bonchev–Trinajstić information content (AvgIpc) is 3.51. The van der Waals surface area contributed by atoms with E-state index in [4.69, 9.17) is 9.47 Å². The molecule has 0 spiro atoms. The molecule has 2 atom stereocenters. The number of methoxy groups -OCH3 is 1. The second-order valence-electron chi connectivity index (χ2n) is 10.1. The van der Waals surface area contributed by atoms with E-state index in [1.54, 1.807) is 25.4 Å². The number of halogens is 2.